The number of para-hydroxylation sites is 1. The number of amides is 1. The maximum atomic E-state index is 12.7. The van der Waals surface area contributed by atoms with Gasteiger partial charge in [0.15, 0.2) is 6.61 Å². The number of benzene rings is 2. The molecule has 0 bridgehead atoms. The number of carbonyl (C=O) groups is 2. The molecule has 9 nitrogen and oxygen atoms in total. The van der Waals surface area contributed by atoms with E-state index in [2.05, 4.69) is 5.32 Å². The highest BCUT2D eigenvalue weighted by molar-refractivity contribution is 7.89. The summed E-state index contributed by atoms with van der Waals surface area (Å²) in [6, 6.07) is 18.1. The number of carbonyl (C=O) groups excluding carboxylic acids is 2. The smallest absolute Gasteiger partial charge is 0.374 e. The molecule has 2 heterocycles. The molecule has 0 unspecified atom stereocenters. The summed E-state index contributed by atoms with van der Waals surface area (Å²) < 4.78 is 42.9. The van der Waals surface area contributed by atoms with Crippen LogP contribution in [0, 0.1) is 0 Å². The van der Waals surface area contributed by atoms with Crippen molar-refractivity contribution in [1.82, 2.24) is 4.31 Å². The number of hydrogen-bond donors (Lipinski definition) is 1. The fraction of sp³-hybridized carbons (Fsp3) is 0.280. The lowest BCUT2D eigenvalue weighted by Gasteiger charge is -2.25. The zero-order valence-electron chi connectivity index (χ0n) is 19.0. The molecule has 0 radical (unpaired) electrons. The van der Waals surface area contributed by atoms with Crippen LogP contribution in [0.1, 0.15) is 35.6 Å². The van der Waals surface area contributed by atoms with Gasteiger partial charge in [0.25, 0.3) is 5.91 Å². The van der Waals surface area contributed by atoms with E-state index in [0.717, 1.165) is 19.3 Å². The summed E-state index contributed by atoms with van der Waals surface area (Å²) in [6.07, 6.45) is 2.74. The van der Waals surface area contributed by atoms with Crippen LogP contribution in [0.2, 0.25) is 0 Å². The van der Waals surface area contributed by atoms with Crippen LogP contribution >= 0.6 is 0 Å². The van der Waals surface area contributed by atoms with Crippen molar-refractivity contribution in [2.45, 2.75) is 30.8 Å². The van der Waals surface area contributed by atoms with Gasteiger partial charge in [-0.3, -0.25) is 4.79 Å². The number of esters is 1. The summed E-state index contributed by atoms with van der Waals surface area (Å²) in [5, 5.41) is 2.58. The van der Waals surface area contributed by atoms with E-state index in [1.807, 2.05) is 18.2 Å². The minimum absolute atomic E-state index is 0.0447. The molecule has 184 valence electrons. The molecule has 1 aromatic heterocycles. The molecule has 1 N–H and O–H groups in total. The van der Waals surface area contributed by atoms with Crippen molar-refractivity contribution in [3.63, 3.8) is 0 Å². The SMILES string of the molecule is O=C(COC(=O)c1ccc(COc2ccccc2)o1)Nc1ccc(S(=O)(=O)N2CCCCC2)cc1. The van der Waals surface area contributed by atoms with Crippen molar-refractivity contribution in [3.05, 3.63) is 78.3 Å². The zero-order chi connectivity index (χ0) is 24.7. The number of piperidine rings is 1. The van der Waals surface area contributed by atoms with Gasteiger partial charge in [0.1, 0.15) is 18.1 Å². The van der Waals surface area contributed by atoms with Gasteiger partial charge in [0, 0.05) is 18.8 Å². The fourth-order valence-corrected chi connectivity index (χ4v) is 5.12. The van der Waals surface area contributed by atoms with Crippen molar-refractivity contribution >= 4 is 27.6 Å². The first kappa shape index (κ1) is 24.5. The number of nitrogens with zero attached hydrogens (tertiary/aromatic N) is 1. The Kier molecular flexibility index (Phi) is 7.84. The largest absolute Gasteiger partial charge is 0.486 e. The summed E-state index contributed by atoms with van der Waals surface area (Å²) in [4.78, 5) is 24.5. The van der Waals surface area contributed by atoms with Crippen LogP contribution in [-0.2, 0) is 26.2 Å². The minimum Gasteiger partial charge on any atom is -0.486 e. The maximum absolute atomic E-state index is 12.7. The van der Waals surface area contributed by atoms with E-state index < -0.39 is 28.5 Å². The first-order valence-corrected chi connectivity index (χ1v) is 12.7. The normalized spacial score (nSPS) is 14.3. The first-order valence-electron chi connectivity index (χ1n) is 11.3. The number of anilines is 1. The highest BCUT2D eigenvalue weighted by Crippen LogP contribution is 2.22. The minimum atomic E-state index is -3.55. The van der Waals surface area contributed by atoms with Crippen molar-refractivity contribution in [2.75, 3.05) is 25.0 Å². The predicted octanol–water partition coefficient (Wildman–Crippen LogP) is 3.83. The molecule has 1 amide bonds. The Hall–Kier alpha value is -3.63. The van der Waals surface area contributed by atoms with Crippen LogP contribution in [0.4, 0.5) is 5.69 Å². The molecule has 10 heteroatoms. The Morgan fingerprint density at radius 2 is 1.63 bits per heavy atom. The quantitative estimate of drug-likeness (QED) is 0.446. The average Bonchev–Trinajstić information content (AvgIpc) is 3.37. The van der Waals surface area contributed by atoms with Crippen molar-refractivity contribution in [1.29, 1.82) is 0 Å². The van der Waals surface area contributed by atoms with Crippen LogP contribution in [0.15, 0.2) is 76.0 Å². The number of ether oxygens (including phenoxy) is 2. The van der Waals surface area contributed by atoms with Crippen molar-refractivity contribution in [2.24, 2.45) is 0 Å². The molecule has 1 saturated heterocycles. The Balaban J connectivity index is 1.24. The summed E-state index contributed by atoms with van der Waals surface area (Å²) in [6.45, 7) is 0.650. The zero-order valence-corrected chi connectivity index (χ0v) is 19.8. The van der Waals surface area contributed by atoms with Crippen LogP contribution in [0.25, 0.3) is 0 Å². The second-order valence-corrected chi connectivity index (χ2v) is 9.92. The van der Waals surface area contributed by atoms with Gasteiger partial charge in [0.05, 0.1) is 4.90 Å². The van der Waals surface area contributed by atoms with E-state index in [-0.39, 0.29) is 17.3 Å². The van der Waals surface area contributed by atoms with Crippen molar-refractivity contribution in [3.8, 4) is 5.75 Å². The number of nitrogens with one attached hydrogen (secondary N) is 1. The Morgan fingerprint density at radius 3 is 2.34 bits per heavy atom. The lowest BCUT2D eigenvalue weighted by atomic mass is 10.2. The van der Waals surface area contributed by atoms with Crippen LogP contribution in [0.5, 0.6) is 5.75 Å². The Bertz CT molecular complexity index is 1250. The van der Waals surface area contributed by atoms with Crippen LogP contribution < -0.4 is 10.1 Å². The summed E-state index contributed by atoms with van der Waals surface area (Å²) in [5.41, 5.74) is 0.391. The van der Waals surface area contributed by atoms with Gasteiger partial charge in [0.2, 0.25) is 15.8 Å². The third-order valence-corrected chi connectivity index (χ3v) is 7.33. The van der Waals surface area contributed by atoms with Gasteiger partial charge in [-0.25, -0.2) is 13.2 Å². The van der Waals surface area contributed by atoms with Gasteiger partial charge in [-0.1, -0.05) is 24.6 Å². The lowest BCUT2D eigenvalue weighted by molar-refractivity contribution is -0.119. The molecule has 0 saturated carbocycles. The maximum Gasteiger partial charge on any atom is 0.374 e. The third-order valence-electron chi connectivity index (χ3n) is 5.41. The number of rotatable bonds is 9. The highest BCUT2D eigenvalue weighted by atomic mass is 32.2. The van der Waals surface area contributed by atoms with Gasteiger partial charge < -0.3 is 19.2 Å². The molecule has 1 fully saturated rings. The van der Waals surface area contributed by atoms with E-state index in [4.69, 9.17) is 13.9 Å². The lowest BCUT2D eigenvalue weighted by Crippen LogP contribution is -2.35. The molecule has 0 spiro atoms. The van der Waals surface area contributed by atoms with E-state index in [1.165, 1.54) is 34.6 Å². The summed E-state index contributed by atoms with van der Waals surface area (Å²) >= 11 is 0. The Morgan fingerprint density at radius 1 is 0.914 bits per heavy atom. The molecule has 1 aliphatic rings. The molecule has 2 aromatic carbocycles. The monoisotopic (exact) mass is 498 g/mol. The fourth-order valence-electron chi connectivity index (χ4n) is 3.60. The molecule has 4 rings (SSSR count). The topological polar surface area (TPSA) is 115 Å². The molecule has 0 atom stereocenters. The second-order valence-electron chi connectivity index (χ2n) is 7.98. The van der Waals surface area contributed by atoms with Crippen LogP contribution in [-0.4, -0.2) is 44.3 Å². The summed E-state index contributed by atoms with van der Waals surface area (Å²) in [5.74, 6) is -0.290. The molecular weight excluding hydrogens is 472 g/mol. The molecular formula is C25H26N2O7S. The number of hydrogen-bond acceptors (Lipinski definition) is 7. The number of furan rings is 1. The van der Waals surface area contributed by atoms with Crippen molar-refractivity contribution < 1.29 is 31.9 Å². The van der Waals surface area contributed by atoms with Crippen LogP contribution in [0.3, 0.4) is 0 Å². The third kappa shape index (κ3) is 6.49. The van der Waals surface area contributed by atoms with E-state index in [1.54, 1.807) is 18.2 Å². The molecule has 35 heavy (non-hydrogen) atoms. The Labute approximate surface area is 203 Å². The summed E-state index contributed by atoms with van der Waals surface area (Å²) in [7, 11) is -3.55. The predicted molar refractivity (Wildman–Crippen MR) is 127 cm³/mol. The average molecular weight is 499 g/mol. The van der Waals surface area contributed by atoms with E-state index in [9.17, 15) is 18.0 Å². The van der Waals surface area contributed by atoms with E-state index in [0.29, 0.717) is 30.3 Å². The standard InChI is InChI=1S/C25H26N2O7S/c28-24(26-19-9-12-22(13-10-19)35(30,31)27-15-5-2-6-16-27)18-33-25(29)23-14-11-21(34-23)17-32-20-7-3-1-4-8-20/h1,3-4,7-14H,2,5-6,15-18H2,(H,26,28). The van der Waals surface area contributed by atoms with Gasteiger partial charge >= 0.3 is 5.97 Å². The highest BCUT2D eigenvalue weighted by Gasteiger charge is 2.25. The molecule has 1 aliphatic heterocycles. The number of sulfonamides is 1. The van der Waals surface area contributed by atoms with Gasteiger partial charge in [-0.2, -0.15) is 4.31 Å². The first-order chi connectivity index (χ1) is 16.9. The van der Waals surface area contributed by atoms with Gasteiger partial charge in [-0.05, 0) is 61.4 Å². The van der Waals surface area contributed by atoms with E-state index >= 15 is 0 Å². The second kappa shape index (κ2) is 11.2. The molecule has 3 aromatic rings. The molecule has 0 aliphatic carbocycles. The van der Waals surface area contributed by atoms with Gasteiger partial charge in [-0.15, -0.1) is 0 Å².